The lowest BCUT2D eigenvalue weighted by atomic mass is 9.93. The molecular weight excluding hydrogens is 686 g/mol. The summed E-state index contributed by atoms with van der Waals surface area (Å²) in [6, 6.07) is 9.00. The van der Waals surface area contributed by atoms with Crippen molar-refractivity contribution in [2.24, 2.45) is 23.7 Å². The zero-order valence-corrected chi connectivity index (χ0v) is 32.1. The van der Waals surface area contributed by atoms with Crippen LogP contribution >= 0.6 is 23.5 Å². The fourth-order valence-corrected chi connectivity index (χ4v) is 7.93. The average Bonchev–Trinajstić information content (AvgIpc) is 4.01. The van der Waals surface area contributed by atoms with Crippen LogP contribution < -0.4 is 14.8 Å². The number of amides is 2. The maximum atomic E-state index is 12.9. The number of carbonyl (C=O) groups excluding carboxylic acids is 2. The van der Waals surface area contributed by atoms with Gasteiger partial charge in [0.15, 0.2) is 5.82 Å². The number of likely N-dealkylation sites (tertiary alicyclic amines) is 1. The standard InChI is InChI=1S/C38H52ClN7O4S/c1-37(2,3)50-36(48)45-24-25(22-38(45,4)5)8-6-7-19-40-31-15-13-28(23-41-31)51-44-35(47)30-14-16-32(42-34(30)39)46-20-17-33(43-46)49-21-18-29(26-9-10-26)27-11-12-27/h13-17,20,23,25-27,29H,6-12,18-19,21-22,24H2,1-5H3,(H,40,41)(H,44,47). The highest BCUT2D eigenvalue weighted by atomic mass is 35.5. The highest BCUT2D eigenvalue weighted by Gasteiger charge is 2.43. The van der Waals surface area contributed by atoms with Gasteiger partial charge in [-0.1, -0.05) is 18.0 Å². The molecule has 6 rings (SSSR count). The molecule has 3 fully saturated rings. The smallest absolute Gasteiger partial charge is 0.410 e. The lowest BCUT2D eigenvalue weighted by Gasteiger charge is -2.33. The molecule has 11 nitrogen and oxygen atoms in total. The van der Waals surface area contributed by atoms with Gasteiger partial charge >= 0.3 is 6.09 Å². The molecule has 1 unspecified atom stereocenters. The molecule has 4 heterocycles. The Morgan fingerprint density at radius 3 is 2.51 bits per heavy atom. The second-order valence-corrected chi connectivity index (χ2v) is 17.1. The van der Waals surface area contributed by atoms with Crippen molar-refractivity contribution < 1.29 is 19.1 Å². The van der Waals surface area contributed by atoms with Gasteiger partial charge in [-0.05, 0) is 146 Å². The number of rotatable bonds is 16. The summed E-state index contributed by atoms with van der Waals surface area (Å²) in [5.41, 5.74) is -0.421. The van der Waals surface area contributed by atoms with E-state index >= 15 is 0 Å². The lowest BCUT2D eigenvalue weighted by Crippen LogP contribution is -2.45. The first kappa shape index (κ1) is 37.3. The zero-order chi connectivity index (χ0) is 36.2. The van der Waals surface area contributed by atoms with E-state index in [1.54, 1.807) is 29.2 Å². The summed E-state index contributed by atoms with van der Waals surface area (Å²) < 4.78 is 16.0. The lowest BCUT2D eigenvalue weighted by molar-refractivity contribution is 0.0130. The first-order valence-corrected chi connectivity index (χ1v) is 19.6. The maximum absolute atomic E-state index is 12.9. The van der Waals surface area contributed by atoms with Crippen molar-refractivity contribution >= 4 is 41.4 Å². The molecule has 3 aromatic rings. The van der Waals surface area contributed by atoms with Crippen molar-refractivity contribution in [2.75, 3.05) is 25.0 Å². The minimum atomic E-state index is -0.494. The maximum Gasteiger partial charge on any atom is 0.410 e. The Kier molecular flexibility index (Phi) is 11.7. The fourth-order valence-electron chi connectivity index (χ4n) is 7.14. The van der Waals surface area contributed by atoms with Gasteiger partial charge in [-0.15, -0.1) is 5.10 Å². The summed E-state index contributed by atoms with van der Waals surface area (Å²) >= 11 is 7.61. The monoisotopic (exact) mass is 737 g/mol. The fraction of sp³-hybridized carbons (Fsp3) is 0.605. The number of halogens is 1. The first-order chi connectivity index (χ1) is 24.3. The predicted molar refractivity (Wildman–Crippen MR) is 200 cm³/mol. The Hall–Kier alpha value is -3.51. The van der Waals surface area contributed by atoms with Crippen molar-refractivity contribution in [3.05, 3.63) is 53.4 Å². The third-order valence-corrected chi connectivity index (χ3v) is 11.0. The van der Waals surface area contributed by atoms with Gasteiger partial charge in [0.1, 0.15) is 16.6 Å². The van der Waals surface area contributed by atoms with E-state index in [-0.39, 0.29) is 28.3 Å². The molecule has 2 amide bonds. The Bertz CT molecular complexity index is 1640. The van der Waals surface area contributed by atoms with Crippen LogP contribution in [0.25, 0.3) is 5.82 Å². The number of nitrogens with zero attached hydrogens (tertiary/aromatic N) is 5. The topological polar surface area (TPSA) is 124 Å². The second kappa shape index (κ2) is 16.0. The number of pyridine rings is 2. The van der Waals surface area contributed by atoms with Crippen molar-refractivity contribution in [1.29, 1.82) is 0 Å². The molecule has 0 radical (unpaired) electrons. The summed E-state index contributed by atoms with van der Waals surface area (Å²) in [6.07, 6.45) is 14.0. The van der Waals surface area contributed by atoms with E-state index in [0.717, 1.165) is 73.7 Å². The van der Waals surface area contributed by atoms with Gasteiger partial charge in [0.25, 0.3) is 5.91 Å². The average molecular weight is 738 g/mol. The van der Waals surface area contributed by atoms with E-state index in [1.165, 1.54) is 37.6 Å². The Morgan fingerprint density at radius 1 is 1.08 bits per heavy atom. The van der Waals surface area contributed by atoms with Crippen LogP contribution in [0.2, 0.25) is 5.15 Å². The Morgan fingerprint density at radius 2 is 1.84 bits per heavy atom. The van der Waals surface area contributed by atoms with Gasteiger partial charge in [-0.25, -0.2) is 19.4 Å². The Balaban J connectivity index is 0.884. The van der Waals surface area contributed by atoms with Crippen LogP contribution in [0.4, 0.5) is 10.6 Å². The van der Waals surface area contributed by atoms with Crippen LogP contribution in [-0.4, -0.2) is 67.5 Å². The molecule has 1 saturated heterocycles. The van der Waals surface area contributed by atoms with E-state index in [4.69, 9.17) is 21.1 Å². The van der Waals surface area contributed by atoms with Gasteiger partial charge in [-0.2, -0.15) is 0 Å². The number of aromatic nitrogens is 4. The van der Waals surface area contributed by atoms with Crippen molar-refractivity contribution in [1.82, 2.24) is 29.4 Å². The van der Waals surface area contributed by atoms with Gasteiger partial charge in [0.05, 0.1) is 12.2 Å². The number of anilines is 1. The predicted octanol–water partition coefficient (Wildman–Crippen LogP) is 8.58. The molecule has 3 aromatic heterocycles. The van der Waals surface area contributed by atoms with Crippen LogP contribution in [0.15, 0.2) is 47.6 Å². The molecule has 13 heteroatoms. The zero-order valence-electron chi connectivity index (χ0n) is 30.5. The van der Waals surface area contributed by atoms with E-state index in [9.17, 15) is 9.59 Å². The summed E-state index contributed by atoms with van der Waals surface area (Å²) in [7, 11) is 0. The number of carbonyl (C=O) groups is 2. The molecule has 51 heavy (non-hydrogen) atoms. The molecule has 276 valence electrons. The highest BCUT2D eigenvalue weighted by molar-refractivity contribution is 7.98. The van der Waals surface area contributed by atoms with E-state index in [0.29, 0.717) is 24.2 Å². The van der Waals surface area contributed by atoms with E-state index in [2.05, 4.69) is 39.0 Å². The largest absolute Gasteiger partial charge is 0.477 e. The molecular formula is C38H52ClN7O4S. The molecule has 0 aromatic carbocycles. The van der Waals surface area contributed by atoms with Crippen LogP contribution in [0, 0.1) is 23.7 Å². The molecule has 3 aliphatic rings. The number of hydrogen-bond acceptors (Lipinski definition) is 9. The molecule has 1 atom stereocenters. The van der Waals surface area contributed by atoms with Crippen molar-refractivity contribution in [3.8, 4) is 11.7 Å². The number of unbranched alkanes of at least 4 members (excludes halogenated alkanes) is 1. The summed E-state index contributed by atoms with van der Waals surface area (Å²) in [6.45, 7) is 12.2. The van der Waals surface area contributed by atoms with Crippen LogP contribution in [0.5, 0.6) is 5.88 Å². The third-order valence-electron chi connectivity index (χ3n) is 9.95. The van der Waals surface area contributed by atoms with Crippen molar-refractivity contribution in [3.63, 3.8) is 0 Å². The summed E-state index contributed by atoms with van der Waals surface area (Å²) in [5.74, 6) is 4.58. The second-order valence-electron chi connectivity index (χ2n) is 15.9. The number of ether oxygens (including phenoxy) is 2. The molecule has 2 saturated carbocycles. The van der Waals surface area contributed by atoms with Gasteiger partial charge in [0, 0.05) is 42.0 Å². The molecule has 0 bridgehead atoms. The van der Waals surface area contributed by atoms with Crippen LogP contribution in [0.1, 0.15) is 103 Å². The Labute approximate surface area is 311 Å². The number of hydrogen-bond donors (Lipinski definition) is 2. The minimum Gasteiger partial charge on any atom is -0.477 e. The van der Waals surface area contributed by atoms with Gasteiger partial charge in [0.2, 0.25) is 5.88 Å². The van der Waals surface area contributed by atoms with Crippen LogP contribution in [0.3, 0.4) is 0 Å². The molecule has 0 spiro atoms. The van der Waals surface area contributed by atoms with E-state index < -0.39 is 5.60 Å². The summed E-state index contributed by atoms with van der Waals surface area (Å²) in [5, 5.41) is 7.97. The highest BCUT2D eigenvalue weighted by Crippen LogP contribution is 2.50. The van der Waals surface area contributed by atoms with Crippen LogP contribution in [-0.2, 0) is 4.74 Å². The quantitative estimate of drug-likeness (QED) is 0.0845. The minimum absolute atomic E-state index is 0.0926. The van der Waals surface area contributed by atoms with Crippen molar-refractivity contribution in [2.45, 2.75) is 108 Å². The van der Waals surface area contributed by atoms with E-state index in [1.807, 2.05) is 43.9 Å². The molecule has 2 aliphatic carbocycles. The third kappa shape index (κ3) is 10.5. The SMILES string of the molecule is CC(C)(C)OC(=O)N1CC(CCCCNc2ccc(SNC(=O)c3ccc(-n4ccc(OCCC(C5CC5)C5CC5)n4)nc3Cl)cn2)CC1(C)C. The first-order valence-electron chi connectivity index (χ1n) is 18.4. The van der Waals surface area contributed by atoms with Gasteiger partial charge < -0.3 is 19.7 Å². The molecule has 1 aliphatic heterocycles. The molecule has 2 N–H and O–H groups in total. The normalized spacial score (nSPS) is 18.6. The van der Waals surface area contributed by atoms with Gasteiger partial charge in [-0.3, -0.25) is 9.52 Å². The summed E-state index contributed by atoms with van der Waals surface area (Å²) in [4.78, 5) is 37.2. The number of nitrogens with one attached hydrogen (secondary N) is 2.